The predicted octanol–water partition coefficient (Wildman–Crippen LogP) is 2.82. The van der Waals surface area contributed by atoms with E-state index in [-0.39, 0.29) is 0 Å². The molecule has 3 heterocycles. The number of fused-ring (bicyclic) bond motifs is 1. The lowest BCUT2D eigenvalue weighted by Crippen LogP contribution is -2.35. The highest BCUT2D eigenvalue weighted by atomic mass is 32.1. The van der Waals surface area contributed by atoms with Crippen LogP contribution in [0.1, 0.15) is 41.7 Å². The molecule has 0 fully saturated rings. The van der Waals surface area contributed by atoms with Gasteiger partial charge in [0.1, 0.15) is 17.5 Å². The van der Waals surface area contributed by atoms with Crippen LogP contribution in [0.2, 0.25) is 0 Å². The molecule has 0 saturated carbocycles. The molecule has 6 heteroatoms. The van der Waals surface area contributed by atoms with Crippen molar-refractivity contribution in [3.63, 3.8) is 0 Å². The molecule has 0 spiro atoms. The molecular formula is C15H21N5S. The summed E-state index contributed by atoms with van der Waals surface area (Å²) in [5.74, 6) is 8.16. The number of hydrogen-bond donors (Lipinski definition) is 2. The van der Waals surface area contributed by atoms with E-state index in [0.717, 1.165) is 42.4 Å². The number of aryl methyl sites for hydroxylation is 1. The van der Waals surface area contributed by atoms with E-state index in [1.807, 2.05) is 18.3 Å². The van der Waals surface area contributed by atoms with Crippen LogP contribution in [0.5, 0.6) is 0 Å². The Labute approximate surface area is 129 Å². The monoisotopic (exact) mass is 303 g/mol. The van der Waals surface area contributed by atoms with Gasteiger partial charge in [-0.2, -0.15) is 0 Å². The number of thiophene rings is 1. The zero-order valence-electron chi connectivity index (χ0n) is 12.7. The first-order valence-corrected chi connectivity index (χ1v) is 8.20. The maximum Gasteiger partial charge on any atom is 0.148 e. The third kappa shape index (κ3) is 2.38. The molecule has 1 unspecified atom stereocenters. The van der Waals surface area contributed by atoms with Crippen LogP contribution in [-0.4, -0.2) is 16.5 Å². The highest BCUT2D eigenvalue weighted by Crippen LogP contribution is 2.37. The van der Waals surface area contributed by atoms with Gasteiger partial charge in [0.2, 0.25) is 0 Å². The van der Waals surface area contributed by atoms with Crippen molar-refractivity contribution in [3.8, 4) is 0 Å². The topological polar surface area (TPSA) is 67.1 Å². The van der Waals surface area contributed by atoms with E-state index in [2.05, 4.69) is 40.6 Å². The Morgan fingerprint density at radius 3 is 3.00 bits per heavy atom. The van der Waals surface area contributed by atoms with Crippen molar-refractivity contribution in [1.82, 2.24) is 9.97 Å². The number of hydrazine groups is 1. The van der Waals surface area contributed by atoms with E-state index in [4.69, 9.17) is 10.8 Å². The Morgan fingerprint density at radius 2 is 2.29 bits per heavy atom. The minimum Gasteiger partial charge on any atom is -0.349 e. The lowest BCUT2D eigenvalue weighted by molar-refractivity contribution is 0.620. The number of nitrogens with two attached hydrogens (primary N) is 1. The molecule has 1 atom stereocenters. The van der Waals surface area contributed by atoms with E-state index >= 15 is 0 Å². The van der Waals surface area contributed by atoms with Crippen molar-refractivity contribution in [3.05, 3.63) is 33.3 Å². The molecule has 0 amide bonds. The third-order valence-electron chi connectivity index (χ3n) is 4.17. The van der Waals surface area contributed by atoms with Crippen molar-refractivity contribution in [2.75, 3.05) is 16.9 Å². The Balaban J connectivity index is 2.05. The summed E-state index contributed by atoms with van der Waals surface area (Å²) in [4.78, 5) is 13.1. The normalized spacial score (nSPS) is 17.7. The summed E-state index contributed by atoms with van der Waals surface area (Å²) in [6.07, 6.45) is 1.88. The first kappa shape index (κ1) is 14.3. The van der Waals surface area contributed by atoms with Crippen LogP contribution in [0, 0.1) is 6.92 Å². The van der Waals surface area contributed by atoms with Gasteiger partial charge in [0.25, 0.3) is 0 Å². The fourth-order valence-electron chi connectivity index (χ4n) is 2.93. The van der Waals surface area contributed by atoms with Crippen LogP contribution in [0.3, 0.4) is 0 Å². The first-order valence-electron chi connectivity index (χ1n) is 7.32. The third-order valence-corrected chi connectivity index (χ3v) is 5.17. The molecule has 0 aliphatic carbocycles. The van der Waals surface area contributed by atoms with Crippen LogP contribution < -0.4 is 16.2 Å². The average Bonchev–Trinajstić information content (AvgIpc) is 2.98. The number of rotatable bonds is 3. The molecule has 3 N–H and O–H groups in total. The van der Waals surface area contributed by atoms with Gasteiger partial charge in [-0.15, -0.1) is 11.3 Å². The highest BCUT2D eigenvalue weighted by molar-refractivity contribution is 7.10. The summed E-state index contributed by atoms with van der Waals surface area (Å²) >= 11 is 1.85. The van der Waals surface area contributed by atoms with E-state index in [1.54, 1.807) is 0 Å². The second-order valence-corrected chi connectivity index (χ2v) is 6.35. The molecule has 0 saturated heterocycles. The van der Waals surface area contributed by atoms with Crippen LogP contribution in [-0.2, 0) is 12.8 Å². The molecule has 0 radical (unpaired) electrons. The molecular weight excluding hydrogens is 282 g/mol. The van der Waals surface area contributed by atoms with Gasteiger partial charge >= 0.3 is 0 Å². The average molecular weight is 303 g/mol. The highest BCUT2D eigenvalue weighted by Gasteiger charge is 2.27. The SMILES string of the molecule is CCc1nc(NN)c(C)c(N2CCc3sccc3C2C)n1. The largest absolute Gasteiger partial charge is 0.349 e. The van der Waals surface area contributed by atoms with Crippen LogP contribution in [0.25, 0.3) is 0 Å². The van der Waals surface area contributed by atoms with E-state index in [0.29, 0.717) is 6.04 Å². The zero-order valence-corrected chi connectivity index (χ0v) is 13.5. The smallest absolute Gasteiger partial charge is 0.148 e. The summed E-state index contributed by atoms with van der Waals surface area (Å²) < 4.78 is 0. The minimum atomic E-state index is 0.337. The number of aromatic nitrogens is 2. The van der Waals surface area contributed by atoms with Gasteiger partial charge < -0.3 is 10.3 Å². The lowest BCUT2D eigenvalue weighted by Gasteiger charge is -2.35. The summed E-state index contributed by atoms with van der Waals surface area (Å²) in [5, 5.41) is 2.18. The Bertz CT molecular complexity index is 652. The van der Waals surface area contributed by atoms with Crippen molar-refractivity contribution >= 4 is 23.0 Å². The minimum absolute atomic E-state index is 0.337. The maximum absolute atomic E-state index is 5.61. The molecule has 2 aromatic heterocycles. The number of nitrogen functional groups attached to an aromatic ring is 1. The van der Waals surface area contributed by atoms with Crippen molar-refractivity contribution in [2.45, 2.75) is 39.7 Å². The molecule has 0 bridgehead atoms. The lowest BCUT2D eigenvalue weighted by atomic mass is 10.0. The standard InChI is InChI=1S/C15H21N5S/c1-4-13-17-14(19-16)9(2)15(18-13)20-7-5-12-11(10(20)3)6-8-21-12/h6,8,10H,4-5,7,16H2,1-3H3,(H,17,18,19). The van der Waals surface area contributed by atoms with Crippen molar-refractivity contribution in [2.24, 2.45) is 5.84 Å². The predicted molar refractivity (Wildman–Crippen MR) is 87.7 cm³/mol. The van der Waals surface area contributed by atoms with Gasteiger partial charge in [0, 0.05) is 23.4 Å². The first-order chi connectivity index (χ1) is 10.2. The summed E-state index contributed by atoms with van der Waals surface area (Å²) in [6.45, 7) is 7.32. The van der Waals surface area contributed by atoms with Crippen molar-refractivity contribution in [1.29, 1.82) is 0 Å². The van der Waals surface area contributed by atoms with Gasteiger partial charge in [-0.25, -0.2) is 15.8 Å². The molecule has 2 aromatic rings. The second-order valence-electron chi connectivity index (χ2n) is 5.35. The maximum atomic E-state index is 5.61. The molecule has 1 aliphatic rings. The summed E-state index contributed by atoms with van der Waals surface area (Å²) in [6, 6.07) is 2.57. The second kappa shape index (κ2) is 5.61. The molecule has 21 heavy (non-hydrogen) atoms. The molecule has 0 aromatic carbocycles. The van der Waals surface area contributed by atoms with E-state index in [1.165, 1.54) is 10.4 Å². The Kier molecular flexibility index (Phi) is 3.82. The summed E-state index contributed by atoms with van der Waals surface area (Å²) in [5.41, 5.74) is 5.14. The van der Waals surface area contributed by atoms with Gasteiger partial charge in [0.15, 0.2) is 0 Å². The number of nitrogens with one attached hydrogen (secondary N) is 1. The zero-order chi connectivity index (χ0) is 15.0. The fourth-order valence-corrected chi connectivity index (χ4v) is 3.89. The molecule has 5 nitrogen and oxygen atoms in total. The number of anilines is 2. The van der Waals surface area contributed by atoms with Gasteiger partial charge in [-0.05, 0) is 37.3 Å². The Hall–Kier alpha value is -1.66. The molecule has 1 aliphatic heterocycles. The number of hydrogen-bond acceptors (Lipinski definition) is 6. The van der Waals surface area contributed by atoms with Gasteiger partial charge in [-0.1, -0.05) is 6.92 Å². The van der Waals surface area contributed by atoms with Crippen LogP contribution in [0.15, 0.2) is 11.4 Å². The van der Waals surface area contributed by atoms with Gasteiger partial charge in [-0.3, -0.25) is 0 Å². The van der Waals surface area contributed by atoms with E-state index in [9.17, 15) is 0 Å². The summed E-state index contributed by atoms with van der Waals surface area (Å²) in [7, 11) is 0. The quantitative estimate of drug-likeness (QED) is 0.674. The van der Waals surface area contributed by atoms with Crippen LogP contribution >= 0.6 is 11.3 Å². The van der Waals surface area contributed by atoms with Crippen molar-refractivity contribution < 1.29 is 0 Å². The van der Waals surface area contributed by atoms with Crippen LogP contribution in [0.4, 0.5) is 11.6 Å². The Morgan fingerprint density at radius 1 is 1.48 bits per heavy atom. The fraction of sp³-hybridized carbons (Fsp3) is 0.467. The number of nitrogens with zero attached hydrogens (tertiary/aromatic N) is 3. The molecule has 112 valence electrons. The van der Waals surface area contributed by atoms with E-state index < -0.39 is 0 Å². The van der Waals surface area contributed by atoms with Gasteiger partial charge in [0.05, 0.1) is 6.04 Å². The molecule has 3 rings (SSSR count).